The van der Waals surface area contributed by atoms with E-state index < -0.39 is 35.2 Å². The number of hydrogen-bond donors (Lipinski definition) is 0. The molecule has 11 heteroatoms. The van der Waals surface area contributed by atoms with E-state index in [0.717, 1.165) is 12.1 Å². The van der Waals surface area contributed by atoms with Crippen molar-refractivity contribution in [1.82, 2.24) is 0 Å². The molecule has 0 aliphatic heterocycles. The highest BCUT2D eigenvalue weighted by Gasteiger charge is 2.33. The molecule has 0 unspecified atom stereocenters. The lowest BCUT2D eigenvalue weighted by atomic mass is 10.2. The van der Waals surface area contributed by atoms with E-state index in [-0.39, 0.29) is 5.69 Å². The van der Waals surface area contributed by atoms with E-state index in [0.29, 0.717) is 25.9 Å². The predicted molar refractivity (Wildman–Crippen MR) is 85.6 cm³/mol. The maximum absolute atomic E-state index is 11.4. The molecule has 0 saturated carbocycles. The second-order valence-electron chi connectivity index (χ2n) is 4.75. The van der Waals surface area contributed by atoms with E-state index >= 15 is 0 Å². The van der Waals surface area contributed by atoms with Crippen LogP contribution in [0, 0.1) is 20.2 Å². The number of rotatable bonds is 8. The minimum absolute atomic E-state index is 0.201. The molecule has 0 bridgehead atoms. The van der Waals surface area contributed by atoms with Crippen LogP contribution in [-0.4, -0.2) is 31.4 Å². The third-order valence-corrected chi connectivity index (χ3v) is 4.35. The topological polar surface area (TPSA) is 124 Å². The Balaban J connectivity index is 3.77. The number of anilines is 1. The summed E-state index contributed by atoms with van der Waals surface area (Å²) < 4.78 is 22.8. The van der Waals surface area contributed by atoms with Crippen LogP contribution in [0.25, 0.3) is 0 Å². The fourth-order valence-corrected chi connectivity index (χ4v) is 2.97. The summed E-state index contributed by atoms with van der Waals surface area (Å²) in [6.07, 6.45) is 1.23. The standard InChI is InChI=1S/C12H16ClN3O6S/c1-3-5-14(6-4-2)12-10(15(17)18)7-9(23(13,21)22)8-11(12)16(19)20/h7-8H,3-6H2,1-2H3. The smallest absolute Gasteiger partial charge is 0.301 e. The van der Waals surface area contributed by atoms with Gasteiger partial charge < -0.3 is 4.90 Å². The summed E-state index contributed by atoms with van der Waals surface area (Å²) in [6.45, 7) is 4.39. The lowest BCUT2D eigenvalue weighted by Crippen LogP contribution is -2.26. The minimum Gasteiger partial charge on any atom is -0.360 e. The molecule has 1 aromatic carbocycles. The molecule has 128 valence electrons. The third kappa shape index (κ3) is 4.52. The summed E-state index contributed by atoms with van der Waals surface area (Å²) in [5.41, 5.74) is -1.51. The van der Waals surface area contributed by atoms with Crippen molar-refractivity contribution in [2.45, 2.75) is 31.6 Å². The highest BCUT2D eigenvalue weighted by atomic mass is 35.7. The molecule has 0 aliphatic rings. The Morgan fingerprint density at radius 2 is 1.43 bits per heavy atom. The second-order valence-corrected chi connectivity index (χ2v) is 7.32. The molecular weight excluding hydrogens is 350 g/mol. The van der Waals surface area contributed by atoms with E-state index in [1.54, 1.807) is 0 Å². The van der Waals surface area contributed by atoms with Crippen molar-refractivity contribution in [2.75, 3.05) is 18.0 Å². The van der Waals surface area contributed by atoms with Gasteiger partial charge in [0, 0.05) is 35.9 Å². The quantitative estimate of drug-likeness (QED) is 0.394. The van der Waals surface area contributed by atoms with E-state index in [1.807, 2.05) is 13.8 Å². The second kappa shape index (κ2) is 7.55. The number of nitro groups is 2. The lowest BCUT2D eigenvalue weighted by Gasteiger charge is -2.23. The van der Waals surface area contributed by atoms with Crippen molar-refractivity contribution in [3.63, 3.8) is 0 Å². The van der Waals surface area contributed by atoms with Gasteiger partial charge in [-0.15, -0.1) is 0 Å². The summed E-state index contributed by atoms with van der Waals surface area (Å²) in [5, 5.41) is 22.6. The van der Waals surface area contributed by atoms with Gasteiger partial charge in [0.25, 0.3) is 9.05 Å². The highest BCUT2D eigenvalue weighted by molar-refractivity contribution is 8.13. The first kappa shape index (κ1) is 19.1. The molecule has 0 aliphatic carbocycles. The molecule has 0 amide bonds. The average molecular weight is 366 g/mol. The van der Waals surface area contributed by atoms with E-state index in [1.165, 1.54) is 4.90 Å². The maximum Gasteiger partial charge on any atom is 0.301 e. The van der Waals surface area contributed by atoms with Crippen LogP contribution in [0.4, 0.5) is 17.1 Å². The van der Waals surface area contributed by atoms with E-state index in [9.17, 15) is 28.6 Å². The van der Waals surface area contributed by atoms with Crippen molar-refractivity contribution >= 4 is 36.8 Å². The van der Waals surface area contributed by atoms with Crippen molar-refractivity contribution in [3.8, 4) is 0 Å². The molecule has 0 saturated heterocycles. The molecule has 1 aromatic rings. The Labute approximate surface area is 137 Å². The van der Waals surface area contributed by atoms with Crippen molar-refractivity contribution in [1.29, 1.82) is 0 Å². The molecular formula is C12H16ClN3O6S. The summed E-state index contributed by atoms with van der Waals surface area (Å²) in [5.74, 6) is 0. The Hall–Kier alpha value is -1.94. The van der Waals surface area contributed by atoms with Crippen LogP contribution in [0.3, 0.4) is 0 Å². The first-order valence-electron chi connectivity index (χ1n) is 6.79. The molecule has 0 atom stereocenters. The van der Waals surface area contributed by atoms with Gasteiger partial charge in [-0.25, -0.2) is 8.42 Å². The number of nitro benzene ring substituents is 2. The van der Waals surface area contributed by atoms with Crippen LogP contribution < -0.4 is 4.90 Å². The number of nitrogens with zero attached hydrogens (tertiary/aromatic N) is 3. The Morgan fingerprint density at radius 3 is 1.70 bits per heavy atom. The number of halogens is 1. The molecule has 0 fully saturated rings. The summed E-state index contributed by atoms with van der Waals surface area (Å²) in [4.78, 5) is 21.8. The summed E-state index contributed by atoms with van der Waals surface area (Å²) >= 11 is 0. The highest BCUT2D eigenvalue weighted by Crippen LogP contribution is 2.40. The van der Waals surface area contributed by atoms with Gasteiger partial charge in [0.05, 0.1) is 14.7 Å². The van der Waals surface area contributed by atoms with Crippen LogP contribution in [0.1, 0.15) is 26.7 Å². The van der Waals surface area contributed by atoms with Gasteiger partial charge in [0.1, 0.15) is 0 Å². The Morgan fingerprint density at radius 1 is 1.04 bits per heavy atom. The normalized spacial score (nSPS) is 11.3. The van der Waals surface area contributed by atoms with Gasteiger partial charge in [-0.1, -0.05) is 13.8 Å². The Kier molecular flexibility index (Phi) is 6.28. The largest absolute Gasteiger partial charge is 0.360 e. The Bertz CT molecular complexity index is 681. The monoisotopic (exact) mass is 365 g/mol. The van der Waals surface area contributed by atoms with Crippen LogP contribution >= 0.6 is 10.7 Å². The van der Waals surface area contributed by atoms with Crippen molar-refractivity contribution in [3.05, 3.63) is 32.4 Å². The average Bonchev–Trinajstić information content (AvgIpc) is 2.44. The summed E-state index contributed by atoms with van der Waals surface area (Å²) in [6, 6.07) is 1.51. The van der Waals surface area contributed by atoms with Crippen LogP contribution in [0.15, 0.2) is 17.0 Å². The van der Waals surface area contributed by atoms with E-state index in [2.05, 4.69) is 0 Å². The van der Waals surface area contributed by atoms with Crippen molar-refractivity contribution in [2.24, 2.45) is 0 Å². The third-order valence-electron chi connectivity index (χ3n) is 3.02. The van der Waals surface area contributed by atoms with Crippen LogP contribution in [-0.2, 0) is 9.05 Å². The molecule has 0 spiro atoms. The van der Waals surface area contributed by atoms with Gasteiger partial charge in [0.2, 0.25) is 0 Å². The maximum atomic E-state index is 11.4. The fraction of sp³-hybridized carbons (Fsp3) is 0.500. The molecule has 0 aromatic heterocycles. The molecule has 9 nitrogen and oxygen atoms in total. The predicted octanol–water partition coefficient (Wildman–Crippen LogP) is 3.06. The number of benzene rings is 1. The van der Waals surface area contributed by atoms with E-state index in [4.69, 9.17) is 10.7 Å². The fourth-order valence-electron chi connectivity index (χ4n) is 2.20. The lowest BCUT2D eigenvalue weighted by molar-refractivity contribution is -0.393. The first-order valence-corrected chi connectivity index (χ1v) is 9.10. The molecule has 23 heavy (non-hydrogen) atoms. The van der Waals surface area contributed by atoms with Crippen LogP contribution in [0.2, 0.25) is 0 Å². The summed E-state index contributed by atoms with van der Waals surface area (Å²) in [7, 11) is 0.842. The van der Waals surface area contributed by atoms with Gasteiger partial charge in [-0.2, -0.15) is 0 Å². The zero-order chi connectivity index (χ0) is 17.8. The molecule has 1 rings (SSSR count). The molecule has 0 radical (unpaired) electrons. The van der Waals surface area contributed by atoms with Crippen molar-refractivity contribution < 1.29 is 18.3 Å². The zero-order valence-corrected chi connectivity index (χ0v) is 14.1. The zero-order valence-electron chi connectivity index (χ0n) is 12.6. The SMILES string of the molecule is CCCN(CCC)c1c([N+](=O)[O-])cc(S(=O)(=O)Cl)cc1[N+](=O)[O-]. The van der Waals surface area contributed by atoms with Gasteiger partial charge >= 0.3 is 11.4 Å². The van der Waals surface area contributed by atoms with Gasteiger partial charge in [-0.3, -0.25) is 20.2 Å². The van der Waals surface area contributed by atoms with Crippen LogP contribution in [0.5, 0.6) is 0 Å². The first-order chi connectivity index (χ1) is 10.6. The minimum atomic E-state index is -4.34. The van der Waals surface area contributed by atoms with Gasteiger partial charge in [-0.05, 0) is 12.8 Å². The molecule has 0 heterocycles. The molecule has 0 N–H and O–H groups in total. The van der Waals surface area contributed by atoms with Gasteiger partial charge in [0.15, 0.2) is 5.69 Å². The number of hydrogen-bond acceptors (Lipinski definition) is 7.